The van der Waals surface area contributed by atoms with Crippen LogP contribution in [-0.2, 0) is 34.9 Å². The summed E-state index contributed by atoms with van der Waals surface area (Å²) >= 11 is 0. The van der Waals surface area contributed by atoms with Gasteiger partial charge in [0.15, 0.2) is 41.7 Å². The van der Waals surface area contributed by atoms with E-state index in [4.69, 9.17) is 33.2 Å². The van der Waals surface area contributed by atoms with Gasteiger partial charge in [0.25, 0.3) is 0 Å². The standard InChI is InChI=1S/C31H40O15/c1-15-24(36)25(37)26(38)31(43-15)46-29-27(39)30(42-11-10-17-5-8-19(34)21(13-17)41-3)44-22(14-32)28(29)45-23(35)9-6-16-4-7-18(33)20(12-16)40-2/h4-9,12-13,15,22,24-34,36-39H,10-11,14H2,1-3H3/b9-6+/t15-,22+,24+,25+,26+,27+,28+,29+,30+,31-/m0/s1. The molecule has 0 amide bonds. The lowest BCUT2D eigenvalue weighted by molar-refractivity contribution is -0.357. The highest BCUT2D eigenvalue weighted by atomic mass is 16.7. The molecule has 0 aliphatic carbocycles. The molecule has 15 heteroatoms. The van der Waals surface area contributed by atoms with E-state index in [-0.39, 0.29) is 29.6 Å². The lowest BCUT2D eigenvalue weighted by atomic mass is 9.97. The van der Waals surface area contributed by atoms with Crippen LogP contribution in [0.5, 0.6) is 23.0 Å². The minimum absolute atomic E-state index is 0.00565. The molecule has 0 unspecified atom stereocenters. The van der Waals surface area contributed by atoms with Crippen LogP contribution in [0.4, 0.5) is 0 Å². The van der Waals surface area contributed by atoms with Crippen molar-refractivity contribution in [1.82, 2.24) is 0 Å². The molecule has 2 aliphatic rings. The van der Waals surface area contributed by atoms with Crippen molar-refractivity contribution >= 4 is 12.0 Å². The van der Waals surface area contributed by atoms with Gasteiger partial charge in [-0.15, -0.1) is 0 Å². The molecule has 2 fully saturated rings. The van der Waals surface area contributed by atoms with Crippen LogP contribution in [-0.4, -0.2) is 131 Å². The molecule has 2 saturated heterocycles. The number of hydrogen-bond acceptors (Lipinski definition) is 15. The fourth-order valence-electron chi connectivity index (χ4n) is 5.06. The maximum Gasteiger partial charge on any atom is 0.331 e. The number of aliphatic hydroxyl groups is 5. The average molecular weight is 653 g/mol. The summed E-state index contributed by atoms with van der Waals surface area (Å²) in [5.74, 6) is -0.622. The molecule has 2 heterocycles. The van der Waals surface area contributed by atoms with E-state index < -0.39 is 74.0 Å². The Morgan fingerprint density at radius 2 is 1.52 bits per heavy atom. The molecular weight excluding hydrogens is 612 g/mol. The van der Waals surface area contributed by atoms with Gasteiger partial charge in [0.1, 0.15) is 36.6 Å². The minimum Gasteiger partial charge on any atom is -0.504 e. The number of esters is 1. The lowest BCUT2D eigenvalue weighted by Crippen LogP contribution is -2.65. The number of ether oxygens (including phenoxy) is 7. The van der Waals surface area contributed by atoms with E-state index in [1.54, 1.807) is 12.1 Å². The lowest BCUT2D eigenvalue weighted by Gasteiger charge is -2.46. The van der Waals surface area contributed by atoms with Gasteiger partial charge in [0, 0.05) is 6.08 Å². The van der Waals surface area contributed by atoms with Gasteiger partial charge in [-0.2, -0.15) is 0 Å². The number of phenolic OH excluding ortho intramolecular Hbond substituents is 2. The number of carbonyl (C=O) groups excluding carboxylic acids is 1. The summed E-state index contributed by atoms with van der Waals surface area (Å²) in [6.07, 6.45) is -12.0. The van der Waals surface area contributed by atoms with Gasteiger partial charge in [-0.1, -0.05) is 12.1 Å². The second-order valence-electron chi connectivity index (χ2n) is 10.8. The van der Waals surface area contributed by atoms with Gasteiger partial charge < -0.3 is 68.9 Å². The van der Waals surface area contributed by atoms with E-state index in [2.05, 4.69) is 0 Å². The number of hydrogen-bond donors (Lipinski definition) is 7. The van der Waals surface area contributed by atoms with Crippen molar-refractivity contribution in [3.8, 4) is 23.0 Å². The van der Waals surface area contributed by atoms with Crippen molar-refractivity contribution in [2.45, 2.75) is 74.8 Å². The van der Waals surface area contributed by atoms with E-state index in [9.17, 15) is 40.5 Å². The summed E-state index contributed by atoms with van der Waals surface area (Å²) in [5, 5.41) is 72.1. The molecule has 0 aromatic heterocycles. The Kier molecular flexibility index (Phi) is 12.2. The predicted octanol–water partition coefficient (Wildman–Crippen LogP) is -0.410. The minimum atomic E-state index is -1.75. The Morgan fingerprint density at radius 1 is 0.848 bits per heavy atom. The topological polar surface area (TPSA) is 223 Å². The van der Waals surface area contributed by atoms with Crippen molar-refractivity contribution in [1.29, 1.82) is 0 Å². The maximum atomic E-state index is 12.9. The van der Waals surface area contributed by atoms with Crippen LogP contribution < -0.4 is 9.47 Å². The van der Waals surface area contributed by atoms with Crippen molar-refractivity contribution in [3.63, 3.8) is 0 Å². The highest BCUT2D eigenvalue weighted by molar-refractivity contribution is 5.87. The molecule has 4 rings (SSSR count). The number of carbonyl (C=O) groups is 1. The molecule has 7 N–H and O–H groups in total. The third-order valence-electron chi connectivity index (χ3n) is 7.68. The van der Waals surface area contributed by atoms with Crippen LogP contribution in [0.25, 0.3) is 6.08 Å². The van der Waals surface area contributed by atoms with Crippen molar-refractivity contribution in [2.75, 3.05) is 27.4 Å². The van der Waals surface area contributed by atoms with Gasteiger partial charge in [0.05, 0.1) is 33.5 Å². The summed E-state index contributed by atoms with van der Waals surface area (Å²) in [6.45, 7) is 0.733. The summed E-state index contributed by atoms with van der Waals surface area (Å²) in [4.78, 5) is 12.9. The average Bonchev–Trinajstić information content (AvgIpc) is 3.05. The fourth-order valence-corrected chi connectivity index (χ4v) is 5.06. The third kappa shape index (κ3) is 8.25. The van der Waals surface area contributed by atoms with Gasteiger partial charge in [-0.3, -0.25) is 0 Å². The Balaban J connectivity index is 1.52. The third-order valence-corrected chi connectivity index (χ3v) is 7.68. The van der Waals surface area contributed by atoms with Gasteiger partial charge in [0.2, 0.25) is 0 Å². The molecule has 0 spiro atoms. The van der Waals surface area contributed by atoms with Crippen LogP contribution >= 0.6 is 0 Å². The molecule has 0 radical (unpaired) electrons. The first-order valence-corrected chi connectivity index (χ1v) is 14.5. The highest BCUT2D eigenvalue weighted by Crippen LogP contribution is 2.32. The molecule has 2 aliphatic heterocycles. The van der Waals surface area contributed by atoms with Crippen LogP contribution in [0, 0.1) is 0 Å². The molecule has 15 nitrogen and oxygen atoms in total. The first-order valence-electron chi connectivity index (χ1n) is 14.5. The number of rotatable bonds is 12. The van der Waals surface area contributed by atoms with Crippen LogP contribution in [0.15, 0.2) is 42.5 Å². The smallest absolute Gasteiger partial charge is 0.331 e. The Bertz CT molecular complexity index is 1340. The normalized spacial score (nSPS) is 31.5. The molecule has 46 heavy (non-hydrogen) atoms. The monoisotopic (exact) mass is 652 g/mol. The number of benzene rings is 2. The van der Waals surface area contributed by atoms with E-state index in [1.807, 2.05) is 0 Å². The summed E-state index contributed by atoms with van der Waals surface area (Å²) < 4.78 is 38.7. The van der Waals surface area contributed by atoms with E-state index in [0.29, 0.717) is 12.0 Å². The molecule has 0 bridgehead atoms. The van der Waals surface area contributed by atoms with Crippen LogP contribution in [0.3, 0.4) is 0 Å². The van der Waals surface area contributed by atoms with Crippen molar-refractivity contribution in [2.24, 2.45) is 0 Å². The van der Waals surface area contributed by atoms with Gasteiger partial charge in [-0.05, 0) is 54.8 Å². The molecular formula is C31H40O15. The van der Waals surface area contributed by atoms with E-state index in [1.165, 1.54) is 51.5 Å². The quantitative estimate of drug-likeness (QED) is 0.114. The second-order valence-corrected chi connectivity index (χ2v) is 10.8. The summed E-state index contributed by atoms with van der Waals surface area (Å²) in [6, 6.07) is 9.10. The van der Waals surface area contributed by atoms with Gasteiger partial charge in [-0.25, -0.2) is 4.79 Å². The SMILES string of the molecule is COc1cc(/C=C/C(=O)O[C@H]2[C@H](O[C@@H]3O[C@@H](C)[C@@H](O)[C@@H](O)[C@H]3O)[C@@H](O)[C@H](OCCc3ccc(O)c(OC)c3)O[C@@H]2CO)ccc1O. The zero-order valence-electron chi connectivity index (χ0n) is 25.4. The zero-order valence-corrected chi connectivity index (χ0v) is 25.4. The van der Waals surface area contributed by atoms with Gasteiger partial charge >= 0.3 is 5.97 Å². The zero-order chi connectivity index (χ0) is 33.5. The first-order chi connectivity index (χ1) is 22.0. The first kappa shape index (κ1) is 35.3. The largest absolute Gasteiger partial charge is 0.504 e. The molecule has 2 aromatic rings. The predicted molar refractivity (Wildman–Crippen MR) is 157 cm³/mol. The number of methoxy groups -OCH3 is 2. The summed E-state index contributed by atoms with van der Waals surface area (Å²) in [7, 11) is 2.78. The number of aromatic hydroxyl groups is 2. The van der Waals surface area contributed by atoms with Crippen molar-refractivity contribution in [3.05, 3.63) is 53.6 Å². The van der Waals surface area contributed by atoms with Crippen molar-refractivity contribution < 1.29 is 73.7 Å². The Labute approximate surface area is 264 Å². The summed E-state index contributed by atoms with van der Waals surface area (Å²) in [5.41, 5.74) is 1.22. The molecule has 0 saturated carbocycles. The molecule has 10 atom stereocenters. The van der Waals surface area contributed by atoms with Crippen LogP contribution in [0.1, 0.15) is 18.1 Å². The Morgan fingerprint density at radius 3 is 2.20 bits per heavy atom. The second kappa shape index (κ2) is 15.9. The maximum absolute atomic E-state index is 12.9. The highest BCUT2D eigenvalue weighted by Gasteiger charge is 2.52. The van der Waals surface area contributed by atoms with Crippen LogP contribution in [0.2, 0.25) is 0 Å². The number of phenols is 2. The van der Waals surface area contributed by atoms with E-state index >= 15 is 0 Å². The fraction of sp³-hybridized carbons (Fsp3) is 0.516. The number of aliphatic hydroxyl groups excluding tert-OH is 5. The molecule has 2 aromatic carbocycles. The van der Waals surface area contributed by atoms with E-state index in [0.717, 1.165) is 11.6 Å². The molecule has 254 valence electrons. The Hall–Kier alpha value is -3.51.